The second-order valence-corrected chi connectivity index (χ2v) is 8.94. The average molecular weight is 372 g/mol. The molecule has 0 bridgehead atoms. The molecule has 5 heteroatoms. The molecule has 1 aromatic rings. The third-order valence-electron chi connectivity index (χ3n) is 6.88. The van der Waals surface area contributed by atoms with E-state index in [1.54, 1.807) is 0 Å². The van der Waals surface area contributed by atoms with Gasteiger partial charge in [-0.1, -0.05) is 13.3 Å². The van der Waals surface area contributed by atoms with Gasteiger partial charge in [-0.05, 0) is 52.5 Å². The summed E-state index contributed by atoms with van der Waals surface area (Å²) < 4.78 is 0. The molecule has 0 N–H and O–H groups in total. The van der Waals surface area contributed by atoms with E-state index in [2.05, 4.69) is 46.5 Å². The van der Waals surface area contributed by atoms with Crippen LogP contribution in [-0.4, -0.2) is 70.6 Å². The highest BCUT2D eigenvalue weighted by Crippen LogP contribution is 2.29. The van der Waals surface area contributed by atoms with E-state index in [9.17, 15) is 0 Å². The number of nitrogens with zero attached hydrogens (tertiary/aromatic N) is 5. The average Bonchev–Trinajstić information content (AvgIpc) is 2.62. The lowest BCUT2D eigenvalue weighted by Gasteiger charge is -2.53. The van der Waals surface area contributed by atoms with E-state index in [0.717, 1.165) is 61.4 Å². The summed E-state index contributed by atoms with van der Waals surface area (Å²) in [5, 5.41) is 0. The molecule has 0 unspecified atom stereocenters. The number of aryl methyl sites for hydroxylation is 2. The normalized spacial score (nSPS) is 26.3. The van der Waals surface area contributed by atoms with Crippen LogP contribution in [0.1, 0.15) is 63.9 Å². The minimum Gasteiger partial charge on any atom is -0.356 e. The fraction of sp³-hybridized carbons (Fsp3) is 0.818. The summed E-state index contributed by atoms with van der Waals surface area (Å²) in [6, 6.07) is 4.55. The zero-order valence-electron chi connectivity index (χ0n) is 17.5. The Hall–Kier alpha value is -1.20. The third kappa shape index (κ3) is 4.29. The second-order valence-electron chi connectivity index (χ2n) is 8.94. The monoisotopic (exact) mass is 371 g/mol. The van der Waals surface area contributed by atoms with Gasteiger partial charge < -0.3 is 4.90 Å². The number of anilines is 1. The second kappa shape index (κ2) is 8.44. The predicted molar refractivity (Wildman–Crippen MR) is 111 cm³/mol. The van der Waals surface area contributed by atoms with Gasteiger partial charge in [-0.15, -0.1) is 0 Å². The van der Waals surface area contributed by atoms with E-state index >= 15 is 0 Å². The van der Waals surface area contributed by atoms with Crippen molar-refractivity contribution in [2.45, 2.75) is 83.8 Å². The summed E-state index contributed by atoms with van der Waals surface area (Å²) in [5.41, 5.74) is 1.10. The first-order chi connectivity index (χ1) is 13.1. The van der Waals surface area contributed by atoms with Crippen LogP contribution in [0.25, 0.3) is 0 Å². The summed E-state index contributed by atoms with van der Waals surface area (Å²) in [6.45, 7) is 12.9. The van der Waals surface area contributed by atoms with E-state index in [1.165, 1.54) is 51.7 Å². The molecule has 5 nitrogen and oxygen atoms in total. The fourth-order valence-corrected chi connectivity index (χ4v) is 5.23. The zero-order chi connectivity index (χ0) is 18.8. The standard InChI is InChI=1S/C22H37N5/c1-4-7-21-23-17(2)14-22(24-21)25-12-9-19(10-13-25)26-15-20(16-26)27-11-6-5-8-18(27)3/h14,18-20H,4-13,15-16H2,1-3H3/t18-/m1/s1. The molecule has 150 valence electrons. The van der Waals surface area contributed by atoms with Crippen molar-refractivity contribution in [3.05, 3.63) is 17.6 Å². The number of piperidine rings is 2. The van der Waals surface area contributed by atoms with Crippen LogP contribution in [0, 0.1) is 6.92 Å². The molecular weight excluding hydrogens is 334 g/mol. The van der Waals surface area contributed by atoms with Crippen molar-refractivity contribution in [1.29, 1.82) is 0 Å². The zero-order valence-corrected chi connectivity index (χ0v) is 17.5. The minimum atomic E-state index is 0.774. The van der Waals surface area contributed by atoms with Crippen molar-refractivity contribution in [3.8, 4) is 0 Å². The molecule has 0 aliphatic carbocycles. The number of likely N-dealkylation sites (tertiary alicyclic amines) is 2. The Labute approximate surface area is 165 Å². The lowest BCUT2D eigenvalue weighted by atomic mass is 9.93. The van der Waals surface area contributed by atoms with Crippen LogP contribution in [0.3, 0.4) is 0 Å². The van der Waals surface area contributed by atoms with E-state index in [-0.39, 0.29) is 0 Å². The molecular formula is C22H37N5. The van der Waals surface area contributed by atoms with Gasteiger partial charge in [-0.2, -0.15) is 0 Å². The van der Waals surface area contributed by atoms with E-state index < -0.39 is 0 Å². The van der Waals surface area contributed by atoms with Crippen LogP contribution in [0.5, 0.6) is 0 Å². The van der Waals surface area contributed by atoms with Crippen LogP contribution < -0.4 is 4.90 Å². The Morgan fingerprint density at radius 2 is 1.78 bits per heavy atom. The van der Waals surface area contributed by atoms with Gasteiger partial charge in [0, 0.05) is 62.5 Å². The Kier molecular flexibility index (Phi) is 5.98. The van der Waals surface area contributed by atoms with Crippen LogP contribution in [0.4, 0.5) is 5.82 Å². The van der Waals surface area contributed by atoms with Crippen molar-refractivity contribution >= 4 is 5.82 Å². The molecule has 27 heavy (non-hydrogen) atoms. The van der Waals surface area contributed by atoms with Crippen LogP contribution >= 0.6 is 0 Å². The maximum Gasteiger partial charge on any atom is 0.132 e. The first-order valence-electron chi connectivity index (χ1n) is 11.2. The first kappa shape index (κ1) is 19.1. The van der Waals surface area contributed by atoms with Crippen molar-refractivity contribution in [2.75, 3.05) is 37.6 Å². The Morgan fingerprint density at radius 1 is 1.00 bits per heavy atom. The summed E-state index contributed by atoms with van der Waals surface area (Å²) in [7, 11) is 0. The van der Waals surface area contributed by atoms with Crippen LogP contribution in [-0.2, 0) is 6.42 Å². The number of hydrogen-bond donors (Lipinski definition) is 0. The highest BCUT2D eigenvalue weighted by atomic mass is 15.3. The van der Waals surface area contributed by atoms with Crippen molar-refractivity contribution in [3.63, 3.8) is 0 Å². The molecule has 3 aliphatic rings. The minimum absolute atomic E-state index is 0.774. The smallest absolute Gasteiger partial charge is 0.132 e. The maximum atomic E-state index is 4.83. The molecule has 1 aromatic heterocycles. The van der Waals surface area contributed by atoms with Gasteiger partial charge in [0.1, 0.15) is 11.6 Å². The van der Waals surface area contributed by atoms with Gasteiger partial charge in [0.2, 0.25) is 0 Å². The Balaban J connectivity index is 1.28. The number of rotatable bonds is 5. The molecule has 0 radical (unpaired) electrons. The van der Waals surface area contributed by atoms with Gasteiger partial charge >= 0.3 is 0 Å². The summed E-state index contributed by atoms with van der Waals surface area (Å²) in [5.74, 6) is 2.16. The summed E-state index contributed by atoms with van der Waals surface area (Å²) >= 11 is 0. The van der Waals surface area contributed by atoms with Crippen molar-refractivity contribution in [2.24, 2.45) is 0 Å². The number of aromatic nitrogens is 2. The Bertz CT molecular complexity index is 619. The first-order valence-corrected chi connectivity index (χ1v) is 11.2. The van der Waals surface area contributed by atoms with Gasteiger partial charge in [-0.25, -0.2) is 9.97 Å². The lowest BCUT2D eigenvalue weighted by molar-refractivity contribution is -0.0286. The largest absolute Gasteiger partial charge is 0.356 e. The molecule has 3 aliphatic heterocycles. The van der Waals surface area contributed by atoms with Crippen LogP contribution in [0.2, 0.25) is 0 Å². The lowest BCUT2D eigenvalue weighted by Crippen LogP contribution is -2.65. The van der Waals surface area contributed by atoms with Crippen molar-refractivity contribution < 1.29 is 0 Å². The molecule has 0 amide bonds. The van der Waals surface area contributed by atoms with Gasteiger partial charge in [0.15, 0.2) is 0 Å². The molecule has 3 fully saturated rings. The SMILES string of the molecule is CCCc1nc(C)cc(N2CCC(N3CC(N4CCCC[C@H]4C)C3)CC2)n1. The quantitative estimate of drug-likeness (QED) is 0.794. The molecule has 0 saturated carbocycles. The highest BCUT2D eigenvalue weighted by molar-refractivity contribution is 5.40. The van der Waals surface area contributed by atoms with E-state index in [4.69, 9.17) is 4.98 Å². The third-order valence-corrected chi connectivity index (χ3v) is 6.88. The fourth-order valence-electron chi connectivity index (χ4n) is 5.23. The highest BCUT2D eigenvalue weighted by Gasteiger charge is 2.39. The molecule has 4 heterocycles. The van der Waals surface area contributed by atoms with Gasteiger partial charge in [0.05, 0.1) is 0 Å². The summed E-state index contributed by atoms with van der Waals surface area (Å²) in [6.07, 6.45) is 8.86. The molecule has 4 rings (SSSR count). The molecule has 3 saturated heterocycles. The van der Waals surface area contributed by atoms with Crippen molar-refractivity contribution in [1.82, 2.24) is 19.8 Å². The van der Waals surface area contributed by atoms with Gasteiger partial charge in [0.25, 0.3) is 0 Å². The van der Waals surface area contributed by atoms with Gasteiger partial charge in [-0.3, -0.25) is 9.80 Å². The molecule has 1 atom stereocenters. The summed E-state index contributed by atoms with van der Waals surface area (Å²) in [4.78, 5) is 17.4. The number of hydrogen-bond acceptors (Lipinski definition) is 5. The molecule has 0 aromatic carbocycles. The maximum absolute atomic E-state index is 4.83. The Morgan fingerprint density at radius 3 is 2.48 bits per heavy atom. The topological polar surface area (TPSA) is 35.5 Å². The molecule has 0 spiro atoms. The van der Waals surface area contributed by atoms with E-state index in [1.807, 2.05) is 0 Å². The predicted octanol–water partition coefficient (Wildman–Crippen LogP) is 3.26. The van der Waals surface area contributed by atoms with E-state index in [0.29, 0.717) is 0 Å². The van der Waals surface area contributed by atoms with Crippen LogP contribution in [0.15, 0.2) is 6.07 Å².